The van der Waals surface area contributed by atoms with Gasteiger partial charge in [-0.1, -0.05) is 25.1 Å². The van der Waals surface area contributed by atoms with Crippen molar-refractivity contribution in [1.82, 2.24) is 9.78 Å². The molecule has 1 amide bonds. The van der Waals surface area contributed by atoms with E-state index in [2.05, 4.69) is 22.2 Å². The van der Waals surface area contributed by atoms with Gasteiger partial charge in [0.1, 0.15) is 11.6 Å². The number of hydrogen-bond donors (Lipinski definition) is 1. The van der Waals surface area contributed by atoms with Crippen molar-refractivity contribution in [2.45, 2.75) is 33.1 Å². The smallest absolute Gasteiger partial charge is 0.271 e. The van der Waals surface area contributed by atoms with Gasteiger partial charge in [-0.3, -0.25) is 9.59 Å². The van der Waals surface area contributed by atoms with E-state index in [-0.39, 0.29) is 23.2 Å². The second-order valence-electron chi connectivity index (χ2n) is 8.13. The van der Waals surface area contributed by atoms with Crippen LogP contribution in [0.25, 0.3) is 5.69 Å². The van der Waals surface area contributed by atoms with Gasteiger partial charge in [0.25, 0.3) is 5.56 Å². The quantitative estimate of drug-likeness (QED) is 0.657. The average molecular weight is 435 g/mol. The molecule has 0 bridgehead atoms. The summed E-state index contributed by atoms with van der Waals surface area (Å²) >= 11 is 0. The molecule has 4 rings (SSSR count). The van der Waals surface area contributed by atoms with Crippen LogP contribution in [0.2, 0.25) is 0 Å². The fourth-order valence-electron chi connectivity index (χ4n) is 4.14. The summed E-state index contributed by atoms with van der Waals surface area (Å²) in [6.45, 7) is 5.43. The molecule has 32 heavy (non-hydrogen) atoms. The molecular formula is C25H27FN4O2. The first-order chi connectivity index (χ1) is 15.5. The molecule has 1 N–H and O–H groups in total. The summed E-state index contributed by atoms with van der Waals surface area (Å²) in [6, 6.07) is 14.9. The fourth-order valence-corrected chi connectivity index (χ4v) is 4.14. The van der Waals surface area contributed by atoms with Gasteiger partial charge in [0.2, 0.25) is 5.91 Å². The number of hydrogen-bond acceptors (Lipinski definition) is 4. The third-order valence-corrected chi connectivity index (χ3v) is 6.04. The van der Waals surface area contributed by atoms with Gasteiger partial charge in [-0.05, 0) is 67.6 Å². The van der Waals surface area contributed by atoms with Crippen LogP contribution in [0.5, 0.6) is 0 Å². The summed E-state index contributed by atoms with van der Waals surface area (Å²) in [6.07, 6.45) is 2.28. The van der Waals surface area contributed by atoms with Gasteiger partial charge in [0.15, 0.2) is 0 Å². The minimum atomic E-state index is -0.366. The Morgan fingerprint density at radius 1 is 1.09 bits per heavy atom. The molecule has 2 heterocycles. The first kappa shape index (κ1) is 21.7. The normalized spacial score (nSPS) is 14.4. The maximum Gasteiger partial charge on any atom is 0.271 e. The second kappa shape index (κ2) is 9.34. The molecule has 1 aliphatic heterocycles. The second-order valence-corrected chi connectivity index (χ2v) is 8.13. The van der Waals surface area contributed by atoms with Crippen LogP contribution in [0.1, 0.15) is 30.9 Å². The number of amides is 1. The number of carbonyl (C=O) groups is 1. The van der Waals surface area contributed by atoms with Crippen LogP contribution in [-0.4, -0.2) is 28.8 Å². The molecule has 0 radical (unpaired) electrons. The topological polar surface area (TPSA) is 67.2 Å². The molecule has 0 saturated carbocycles. The van der Waals surface area contributed by atoms with Gasteiger partial charge in [0.05, 0.1) is 5.69 Å². The summed E-state index contributed by atoms with van der Waals surface area (Å²) in [5.74, 6) is 0.284. The van der Waals surface area contributed by atoms with E-state index in [0.29, 0.717) is 37.4 Å². The highest BCUT2D eigenvalue weighted by molar-refractivity contribution is 5.94. The summed E-state index contributed by atoms with van der Waals surface area (Å²) in [4.78, 5) is 27.3. The maximum atomic E-state index is 13.2. The molecule has 0 unspecified atom stereocenters. The van der Waals surface area contributed by atoms with Gasteiger partial charge in [-0.2, -0.15) is 4.68 Å². The Hall–Kier alpha value is -3.48. The number of para-hydroxylation sites is 1. The standard InChI is InChI=1S/C25H27FN4O2/c1-3-18-6-4-5-17(2)24(18)27-25(32)19-13-15-29(16-14-19)22-11-12-23(31)30(28-22)21-9-7-20(26)8-10-21/h4-12,19H,3,13-16H2,1-2H3,(H,27,32). The number of carbonyl (C=O) groups excluding carboxylic acids is 1. The Morgan fingerprint density at radius 3 is 2.50 bits per heavy atom. The molecule has 0 atom stereocenters. The van der Waals surface area contributed by atoms with Crippen LogP contribution in [0, 0.1) is 18.7 Å². The predicted molar refractivity (Wildman–Crippen MR) is 124 cm³/mol. The minimum Gasteiger partial charge on any atom is -0.355 e. The Bertz CT molecular complexity index is 1170. The molecule has 1 aliphatic rings. The van der Waals surface area contributed by atoms with E-state index < -0.39 is 0 Å². The molecule has 0 spiro atoms. The van der Waals surface area contributed by atoms with E-state index in [9.17, 15) is 14.0 Å². The molecule has 7 heteroatoms. The average Bonchev–Trinajstić information content (AvgIpc) is 2.81. The van der Waals surface area contributed by atoms with Crippen LogP contribution in [0.4, 0.5) is 15.9 Å². The highest BCUT2D eigenvalue weighted by atomic mass is 19.1. The minimum absolute atomic E-state index is 0.0536. The SMILES string of the molecule is CCc1cccc(C)c1NC(=O)C1CCN(c2ccc(=O)n(-c3ccc(F)cc3)n2)CC1. The molecule has 1 aromatic heterocycles. The lowest BCUT2D eigenvalue weighted by atomic mass is 9.95. The van der Waals surface area contributed by atoms with E-state index in [0.717, 1.165) is 23.2 Å². The van der Waals surface area contributed by atoms with Crippen molar-refractivity contribution in [1.29, 1.82) is 0 Å². The highest BCUT2D eigenvalue weighted by Crippen LogP contribution is 2.26. The molecule has 166 valence electrons. The van der Waals surface area contributed by atoms with Crippen LogP contribution in [0.15, 0.2) is 59.4 Å². The molecule has 2 aromatic carbocycles. The Balaban J connectivity index is 1.44. The number of anilines is 2. The van der Waals surface area contributed by atoms with Crippen molar-refractivity contribution < 1.29 is 9.18 Å². The van der Waals surface area contributed by atoms with Gasteiger partial charge in [0, 0.05) is 30.8 Å². The number of aromatic nitrogens is 2. The molecule has 0 aliphatic carbocycles. The summed E-state index contributed by atoms with van der Waals surface area (Å²) in [5, 5.41) is 7.62. The zero-order valence-corrected chi connectivity index (χ0v) is 18.3. The van der Waals surface area contributed by atoms with Crippen LogP contribution >= 0.6 is 0 Å². The Labute approximate surface area is 186 Å². The molecule has 3 aromatic rings. The molecule has 6 nitrogen and oxygen atoms in total. The van der Waals surface area contributed by atoms with E-state index in [4.69, 9.17) is 0 Å². The molecule has 1 saturated heterocycles. The number of nitrogens with zero attached hydrogens (tertiary/aromatic N) is 3. The Kier molecular flexibility index (Phi) is 6.35. The van der Waals surface area contributed by atoms with E-state index in [1.54, 1.807) is 6.07 Å². The van der Waals surface area contributed by atoms with E-state index in [1.165, 1.54) is 35.0 Å². The van der Waals surface area contributed by atoms with Gasteiger partial charge in [-0.25, -0.2) is 4.39 Å². The van der Waals surface area contributed by atoms with Crippen molar-refractivity contribution in [2.24, 2.45) is 5.92 Å². The maximum absolute atomic E-state index is 13.2. The first-order valence-corrected chi connectivity index (χ1v) is 11.0. The van der Waals surface area contributed by atoms with Crippen LogP contribution in [0.3, 0.4) is 0 Å². The third-order valence-electron chi connectivity index (χ3n) is 6.04. The van der Waals surface area contributed by atoms with Gasteiger partial charge >= 0.3 is 0 Å². The van der Waals surface area contributed by atoms with Crippen molar-refractivity contribution >= 4 is 17.4 Å². The summed E-state index contributed by atoms with van der Waals surface area (Å²) in [5.41, 5.74) is 3.37. The predicted octanol–water partition coefficient (Wildman–Crippen LogP) is 4.10. The van der Waals surface area contributed by atoms with Crippen LogP contribution < -0.4 is 15.8 Å². The molecular weight excluding hydrogens is 407 g/mol. The lowest BCUT2D eigenvalue weighted by molar-refractivity contribution is -0.120. The lowest BCUT2D eigenvalue weighted by Crippen LogP contribution is -2.39. The van der Waals surface area contributed by atoms with Crippen molar-refractivity contribution in [2.75, 3.05) is 23.3 Å². The molecule has 1 fully saturated rings. The number of piperidine rings is 1. The fraction of sp³-hybridized carbons (Fsp3) is 0.320. The number of nitrogens with one attached hydrogen (secondary N) is 1. The van der Waals surface area contributed by atoms with Gasteiger partial charge < -0.3 is 10.2 Å². The highest BCUT2D eigenvalue weighted by Gasteiger charge is 2.26. The first-order valence-electron chi connectivity index (χ1n) is 11.0. The van der Waals surface area contributed by atoms with Crippen LogP contribution in [-0.2, 0) is 11.2 Å². The zero-order valence-electron chi connectivity index (χ0n) is 18.3. The number of aryl methyl sites for hydroxylation is 2. The Morgan fingerprint density at radius 2 is 1.81 bits per heavy atom. The van der Waals surface area contributed by atoms with Crippen molar-refractivity contribution in [3.63, 3.8) is 0 Å². The third kappa shape index (κ3) is 4.56. The lowest BCUT2D eigenvalue weighted by Gasteiger charge is -2.32. The number of benzene rings is 2. The summed E-state index contributed by atoms with van der Waals surface area (Å²) in [7, 11) is 0. The monoisotopic (exact) mass is 434 g/mol. The van der Waals surface area contributed by atoms with Crippen molar-refractivity contribution in [3.8, 4) is 5.69 Å². The number of halogens is 1. The largest absolute Gasteiger partial charge is 0.355 e. The summed E-state index contributed by atoms with van der Waals surface area (Å²) < 4.78 is 14.5. The zero-order chi connectivity index (χ0) is 22.7. The van der Waals surface area contributed by atoms with E-state index >= 15 is 0 Å². The van der Waals surface area contributed by atoms with Gasteiger partial charge in [-0.15, -0.1) is 5.10 Å². The van der Waals surface area contributed by atoms with Crippen molar-refractivity contribution in [3.05, 3.63) is 81.9 Å². The number of rotatable bonds is 5. The van der Waals surface area contributed by atoms with E-state index in [1.807, 2.05) is 25.1 Å².